The average Bonchev–Trinajstić information content (AvgIpc) is 2.73. The van der Waals surface area contributed by atoms with Gasteiger partial charge >= 0.3 is 0 Å². The van der Waals surface area contributed by atoms with Crippen LogP contribution >= 0.6 is 11.6 Å². The van der Waals surface area contributed by atoms with Crippen LogP contribution in [0.3, 0.4) is 0 Å². The number of sulfonamides is 1. The Labute approximate surface area is 173 Å². The summed E-state index contributed by atoms with van der Waals surface area (Å²) in [6.07, 6.45) is 3.06. The van der Waals surface area contributed by atoms with Crippen LogP contribution in [0.2, 0.25) is 5.02 Å². The SMILES string of the molecule is COc1cc(S(=O)(=O)Nc2ccc(C(=O)c3ccncc3)cc2)c(OC)cc1Cl. The maximum Gasteiger partial charge on any atom is 0.265 e. The smallest absolute Gasteiger partial charge is 0.265 e. The first-order valence-corrected chi connectivity index (χ1v) is 10.2. The highest BCUT2D eigenvalue weighted by molar-refractivity contribution is 7.92. The summed E-state index contributed by atoms with van der Waals surface area (Å²) in [6.45, 7) is 0. The first kappa shape index (κ1) is 20.6. The quantitative estimate of drug-likeness (QED) is 0.571. The highest BCUT2D eigenvalue weighted by Gasteiger charge is 2.23. The largest absolute Gasteiger partial charge is 0.495 e. The monoisotopic (exact) mass is 432 g/mol. The molecule has 29 heavy (non-hydrogen) atoms. The van der Waals surface area contributed by atoms with Crippen molar-refractivity contribution in [2.24, 2.45) is 0 Å². The molecule has 0 saturated heterocycles. The van der Waals surface area contributed by atoms with Gasteiger partial charge in [0.05, 0.1) is 19.2 Å². The van der Waals surface area contributed by atoms with E-state index < -0.39 is 10.0 Å². The molecule has 0 saturated carbocycles. The molecular weight excluding hydrogens is 416 g/mol. The fourth-order valence-corrected chi connectivity index (χ4v) is 4.07. The summed E-state index contributed by atoms with van der Waals surface area (Å²) < 4.78 is 38.4. The summed E-state index contributed by atoms with van der Waals surface area (Å²) in [5.74, 6) is 0.0878. The van der Waals surface area contributed by atoms with Crippen LogP contribution in [0.1, 0.15) is 15.9 Å². The standard InChI is InChI=1S/C20H17ClN2O5S/c1-27-17-12-19(18(28-2)11-16(17)21)29(25,26)23-15-5-3-13(4-6-15)20(24)14-7-9-22-10-8-14/h3-12,23H,1-2H3. The molecule has 2 aromatic carbocycles. The summed E-state index contributed by atoms with van der Waals surface area (Å²) >= 11 is 6.03. The number of carbonyl (C=O) groups excluding carboxylic acids is 1. The molecule has 0 unspecified atom stereocenters. The fourth-order valence-electron chi connectivity index (χ4n) is 2.61. The van der Waals surface area contributed by atoms with Crippen molar-refractivity contribution in [3.63, 3.8) is 0 Å². The Morgan fingerprint density at radius 1 is 0.931 bits per heavy atom. The van der Waals surface area contributed by atoms with Gasteiger partial charge in [0, 0.05) is 41.3 Å². The second-order valence-corrected chi connectivity index (χ2v) is 7.94. The van der Waals surface area contributed by atoms with Gasteiger partial charge in [0.25, 0.3) is 10.0 Å². The molecule has 0 amide bonds. The molecule has 7 nitrogen and oxygen atoms in total. The molecule has 0 aliphatic rings. The molecule has 0 bridgehead atoms. The minimum Gasteiger partial charge on any atom is -0.495 e. The Bertz CT molecular complexity index is 1130. The van der Waals surface area contributed by atoms with E-state index in [0.717, 1.165) is 0 Å². The number of pyridine rings is 1. The van der Waals surface area contributed by atoms with Crippen molar-refractivity contribution < 1.29 is 22.7 Å². The third kappa shape index (κ3) is 4.49. The third-order valence-electron chi connectivity index (χ3n) is 4.07. The molecule has 0 aliphatic carbocycles. The number of ether oxygens (including phenoxy) is 2. The number of rotatable bonds is 7. The van der Waals surface area contributed by atoms with E-state index in [0.29, 0.717) is 11.1 Å². The summed E-state index contributed by atoms with van der Waals surface area (Å²) in [5, 5.41) is 0.224. The van der Waals surface area contributed by atoms with Crippen molar-refractivity contribution in [3.05, 3.63) is 77.1 Å². The van der Waals surface area contributed by atoms with Crippen LogP contribution < -0.4 is 14.2 Å². The van der Waals surface area contributed by atoms with Crippen molar-refractivity contribution in [3.8, 4) is 11.5 Å². The van der Waals surface area contributed by atoms with Crippen molar-refractivity contribution in [2.75, 3.05) is 18.9 Å². The van der Waals surface area contributed by atoms with Gasteiger partial charge in [0.15, 0.2) is 5.78 Å². The second-order valence-electron chi connectivity index (χ2n) is 5.89. The zero-order chi connectivity index (χ0) is 21.0. The van der Waals surface area contributed by atoms with Crippen LogP contribution in [0.25, 0.3) is 0 Å². The van der Waals surface area contributed by atoms with Gasteiger partial charge in [-0.1, -0.05) is 11.6 Å². The predicted molar refractivity (Wildman–Crippen MR) is 109 cm³/mol. The lowest BCUT2D eigenvalue weighted by atomic mass is 10.0. The number of hydrogen-bond donors (Lipinski definition) is 1. The van der Waals surface area contributed by atoms with E-state index >= 15 is 0 Å². The van der Waals surface area contributed by atoms with Gasteiger partial charge < -0.3 is 9.47 Å². The summed E-state index contributed by atoms with van der Waals surface area (Å²) in [4.78, 5) is 16.2. The fraction of sp³-hybridized carbons (Fsp3) is 0.100. The van der Waals surface area contributed by atoms with Crippen LogP contribution in [0.15, 0.2) is 65.8 Å². The molecule has 0 radical (unpaired) electrons. The summed E-state index contributed by atoms with van der Waals surface area (Å²) in [5.41, 5.74) is 1.20. The average molecular weight is 433 g/mol. The van der Waals surface area contributed by atoms with Gasteiger partial charge in [-0.05, 0) is 36.4 Å². The normalized spacial score (nSPS) is 11.0. The first-order chi connectivity index (χ1) is 13.9. The van der Waals surface area contributed by atoms with Gasteiger partial charge in [-0.2, -0.15) is 0 Å². The van der Waals surface area contributed by atoms with Gasteiger partial charge in [-0.15, -0.1) is 0 Å². The second kappa shape index (κ2) is 8.50. The lowest BCUT2D eigenvalue weighted by Gasteiger charge is -2.14. The lowest BCUT2D eigenvalue weighted by Crippen LogP contribution is -2.14. The van der Waals surface area contributed by atoms with Gasteiger partial charge in [-0.25, -0.2) is 8.42 Å². The van der Waals surface area contributed by atoms with Crippen molar-refractivity contribution >= 4 is 33.1 Å². The first-order valence-electron chi connectivity index (χ1n) is 8.35. The third-order valence-corrected chi connectivity index (χ3v) is 5.77. The van der Waals surface area contributed by atoms with Crippen LogP contribution in [0.5, 0.6) is 11.5 Å². The van der Waals surface area contributed by atoms with E-state index in [2.05, 4.69) is 9.71 Å². The lowest BCUT2D eigenvalue weighted by molar-refractivity contribution is 0.103. The number of carbonyl (C=O) groups is 1. The Morgan fingerprint density at radius 2 is 1.52 bits per heavy atom. The molecule has 1 aromatic heterocycles. The number of benzene rings is 2. The van der Waals surface area contributed by atoms with Gasteiger partial charge in [0.2, 0.25) is 0 Å². The maximum absolute atomic E-state index is 12.8. The number of anilines is 1. The van der Waals surface area contributed by atoms with E-state index in [1.54, 1.807) is 24.3 Å². The van der Waals surface area contributed by atoms with Gasteiger partial charge in [-0.3, -0.25) is 14.5 Å². The Balaban J connectivity index is 1.87. The molecule has 150 valence electrons. The van der Waals surface area contributed by atoms with E-state index in [-0.39, 0.29) is 32.9 Å². The van der Waals surface area contributed by atoms with E-state index in [9.17, 15) is 13.2 Å². The molecular formula is C20H17ClN2O5S. The molecule has 1 N–H and O–H groups in total. The molecule has 0 atom stereocenters. The van der Waals surface area contributed by atoms with E-state index in [1.165, 1.54) is 50.9 Å². The number of aromatic nitrogens is 1. The number of nitrogens with zero attached hydrogens (tertiary/aromatic N) is 1. The highest BCUT2D eigenvalue weighted by Crippen LogP contribution is 2.35. The number of nitrogens with one attached hydrogen (secondary N) is 1. The van der Waals surface area contributed by atoms with Gasteiger partial charge in [0.1, 0.15) is 16.4 Å². The number of methoxy groups -OCH3 is 2. The van der Waals surface area contributed by atoms with Crippen molar-refractivity contribution in [1.82, 2.24) is 4.98 Å². The minimum absolute atomic E-state index is 0.0767. The summed E-state index contributed by atoms with van der Waals surface area (Å²) in [6, 6.07) is 12.0. The molecule has 0 spiro atoms. The molecule has 3 rings (SSSR count). The minimum atomic E-state index is -4.00. The van der Waals surface area contributed by atoms with E-state index in [4.69, 9.17) is 21.1 Å². The number of hydrogen-bond acceptors (Lipinski definition) is 6. The van der Waals surface area contributed by atoms with E-state index in [1.807, 2.05) is 0 Å². The van der Waals surface area contributed by atoms with Crippen LogP contribution in [-0.4, -0.2) is 33.4 Å². The Hall–Kier alpha value is -3.10. The molecule has 3 aromatic rings. The molecule has 0 aliphatic heterocycles. The molecule has 0 fully saturated rings. The van der Waals surface area contributed by atoms with Crippen molar-refractivity contribution in [1.29, 1.82) is 0 Å². The Morgan fingerprint density at radius 3 is 2.10 bits per heavy atom. The van der Waals surface area contributed by atoms with Crippen LogP contribution in [0.4, 0.5) is 5.69 Å². The zero-order valence-corrected chi connectivity index (χ0v) is 17.1. The molecule has 1 heterocycles. The topological polar surface area (TPSA) is 94.6 Å². The molecule has 9 heteroatoms. The highest BCUT2D eigenvalue weighted by atomic mass is 35.5. The number of halogens is 1. The predicted octanol–water partition coefficient (Wildman–Crippen LogP) is 3.78. The number of ketones is 1. The Kier molecular flexibility index (Phi) is 6.05. The van der Waals surface area contributed by atoms with Crippen LogP contribution in [-0.2, 0) is 10.0 Å². The maximum atomic E-state index is 12.8. The zero-order valence-electron chi connectivity index (χ0n) is 15.5. The van der Waals surface area contributed by atoms with Crippen molar-refractivity contribution in [2.45, 2.75) is 4.90 Å². The summed E-state index contributed by atoms with van der Waals surface area (Å²) in [7, 11) is -1.27. The van der Waals surface area contributed by atoms with Crippen LogP contribution in [0, 0.1) is 0 Å².